The van der Waals surface area contributed by atoms with Gasteiger partial charge in [-0.25, -0.2) is 0 Å². The summed E-state index contributed by atoms with van der Waals surface area (Å²) in [5.74, 6) is -0.142. The molecule has 0 unspecified atom stereocenters. The first kappa shape index (κ1) is 15.2. The van der Waals surface area contributed by atoms with Gasteiger partial charge in [0, 0.05) is 21.7 Å². The van der Waals surface area contributed by atoms with E-state index < -0.39 is 5.41 Å². The smallest absolute Gasteiger partial charge is 0.257 e. The van der Waals surface area contributed by atoms with Crippen molar-refractivity contribution in [2.45, 2.75) is 45.4 Å². The molecule has 0 fully saturated rings. The molecule has 1 aromatic heterocycles. The molecule has 0 aliphatic carbocycles. The highest BCUT2D eigenvalue weighted by atomic mass is 35.5. The highest BCUT2D eigenvalue weighted by Crippen LogP contribution is 2.43. The number of halogens is 1. The van der Waals surface area contributed by atoms with Crippen LogP contribution in [0.2, 0.25) is 5.02 Å². The van der Waals surface area contributed by atoms with Crippen LogP contribution in [0.3, 0.4) is 0 Å². The van der Waals surface area contributed by atoms with Crippen molar-refractivity contribution in [2.75, 3.05) is 0 Å². The molecule has 4 heteroatoms. The minimum atomic E-state index is -0.401. The van der Waals surface area contributed by atoms with E-state index in [0.717, 1.165) is 29.8 Å². The first-order valence-electron chi connectivity index (χ1n) is 7.64. The normalized spacial score (nSPS) is 14.7. The van der Waals surface area contributed by atoms with Crippen molar-refractivity contribution in [3.63, 3.8) is 0 Å². The SMILES string of the molecule is CCCCc1c([O-])cc2n(c1=O)-c1ccc(Cl)cc1C2(C)C. The Labute approximate surface area is 135 Å². The van der Waals surface area contributed by atoms with Gasteiger partial charge in [-0.2, -0.15) is 0 Å². The molecule has 2 aromatic rings. The van der Waals surface area contributed by atoms with Crippen molar-refractivity contribution in [3.8, 4) is 11.4 Å². The van der Waals surface area contributed by atoms with Crippen LogP contribution < -0.4 is 10.7 Å². The highest BCUT2D eigenvalue weighted by molar-refractivity contribution is 6.30. The van der Waals surface area contributed by atoms with Crippen LogP contribution in [-0.2, 0) is 11.8 Å². The predicted octanol–water partition coefficient (Wildman–Crippen LogP) is 3.55. The van der Waals surface area contributed by atoms with E-state index in [0.29, 0.717) is 17.0 Å². The Hall–Kier alpha value is -1.74. The van der Waals surface area contributed by atoms with Crippen molar-refractivity contribution in [1.82, 2.24) is 4.57 Å². The summed E-state index contributed by atoms with van der Waals surface area (Å²) in [4.78, 5) is 12.9. The number of benzene rings is 1. The molecule has 2 heterocycles. The number of rotatable bonds is 3. The lowest BCUT2D eigenvalue weighted by atomic mass is 9.83. The Kier molecular flexibility index (Phi) is 3.56. The molecular formula is C18H19ClNO2-. The minimum absolute atomic E-state index is 0.142. The second-order valence-corrected chi connectivity index (χ2v) is 6.84. The van der Waals surface area contributed by atoms with Crippen LogP contribution in [0.5, 0.6) is 5.75 Å². The minimum Gasteiger partial charge on any atom is -0.872 e. The number of fused-ring (bicyclic) bond motifs is 3. The van der Waals surface area contributed by atoms with Crippen molar-refractivity contribution < 1.29 is 5.11 Å². The van der Waals surface area contributed by atoms with Crippen LogP contribution in [0.25, 0.3) is 5.69 Å². The lowest BCUT2D eigenvalue weighted by Gasteiger charge is -2.23. The van der Waals surface area contributed by atoms with Gasteiger partial charge < -0.3 is 5.11 Å². The van der Waals surface area contributed by atoms with Crippen molar-refractivity contribution in [1.29, 1.82) is 0 Å². The molecule has 3 nitrogen and oxygen atoms in total. The largest absolute Gasteiger partial charge is 0.872 e. The predicted molar refractivity (Wildman–Crippen MR) is 87.2 cm³/mol. The maximum Gasteiger partial charge on any atom is 0.257 e. The van der Waals surface area contributed by atoms with Crippen LogP contribution in [0.15, 0.2) is 29.1 Å². The first-order valence-corrected chi connectivity index (χ1v) is 8.02. The molecule has 0 atom stereocenters. The van der Waals surface area contributed by atoms with Gasteiger partial charge >= 0.3 is 0 Å². The van der Waals surface area contributed by atoms with Gasteiger partial charge in [-0.05, 0) is 42.7 Å². The number of aromatic nitrogens is 1. The van der Waals surface area contributed by atoms with Crippen LogP contribution in [0.4, 0.5) is 0 Å². The number of pyridine rings is 1. The molecule has 1 aliphatic rings. The summed E-state index contributed by atoms with van der Waals surface area (Å²) in [5, 5.41) is 13.0. The van der Waals surface area contributed by atoms with E-state index in [4.69, 9.17) is 11.6 Å². The van der Waals surface area contributed by atoms with E-state index in [1.165, 1.54) is 0 Å². The quantitative estimate of drug-likeness (QED) is 0.869. The lowest BCUT2D eigenvalue weighted by molar-refractivity contribution is -0.269. The Morgan fingerprint density at radius 2 is 2.00 bits per heavy atom. The highest BCUT2D eigenvalue weighted by Gasteiger charge is 2.37. The van der Waals surface area contributed by atoms with E-state index in [-0.39, 0.29) is 11.3 Å². The average Bonchev–Trinajstić information content (AvgIpc) is 2.67. The zero-order valence-corrected chi connectivity index (χ0v) is 13.8. The number of hydrogen-bond donors (Lipinski definition) is 0. The Morgan fingerprint density at radius 1 is 1.27 bits per heavy atom. The van der Waals surface area contributed by atoms with Crippen LogP contribution in [0.1, 0.15) is 50.4 Å². The molecule has 0 amide bonds. The fraction of sp³-hybridized carbons (Fsp3) is 0.389. The average molecular weight is 317 g/mol. The van der Waals surface area contributed by atoms with E-state index in [1.54, 1.807) is 16.7 Å². The number of nitrogens with zero attached hydrogens (tertiary/aromatic N) is 1. The van der Waals surface area contributed by atoms with Gasteiger partial charge in [0.25, 0.3) is 5.56 Å². The van der Waals surface area contributed by atoms with Gasteiger partial charge in [0.15, 0.2) is 0 Å². The van der Waals surface area contributed by atoms with E-state index in [2.05, 4.69) is 6.92 Å². The Morgan fingerprint density at radius 3 is 2.68 bits per heavy atom. The van der Waals surface area contributed by atoms with Crippen molar-refractivity contribution in [2.24, 2.45) is 0 Å². The monoisotopic (exact) mass is 316 g/mol. The molecule has 0 saturated carbocycles. The van der Waals surface area contributed by atoms with Gasteiger partial charge in [0.2, 0.25) is 0 Å². The van der Waals surface area contributed by atoms with Crippen molar-refractivity contribution >= 4 is 11.6 Å². The van der Waals surface area contributed by atoms with Gasteiger partial charge in [0.1, 0.15) is 0 Å². The molecule has 0 saturated heterocycles. The summed E-state index contributed by atoms with van der Waals surface area (Å²) in [6.07, 6.45) is 2.34. The molecule has 22 heavy (non-hydrogen) atoms. The summed E-state index contributed by atoms with van der Waals surface area (Å²) < 4.78 is 1.69. The third-order valence-corrected chi connectivity index (χ3v) is 4.80. The zero-order valence-electron chi connectivity index (χ0n) is 13.1. The Bertz CT molecular complexity index is 805. The second kappa shape index (κ2) is 5.17. The van der Waals surface area contributed by atoms with E-state index in [1.807, 2.05) is 26.0 Å². The van der Waals surface area contributed by atoms with E-state index in [9.17, 15) is 9.90 Å². The van der Waals surface area contributed by atoms with Gasteiger partial charge in [0.05, 0.1) is 5.69 Å². The third kappa shape index (κ3) is 2.07. The zero-order chi connectivity index (χ0) is 16.1. The van der Waals surface area contributed by atoms with Crippen molar-refractivity contribution in [3.05, 3.63) is 56.5 Å². The Balaban J connectivity index is 2.30. The summed E-state index contributed by atoms with van der Waals surface area (Å²) in [6.45, 7) is 6.09. The van der Waals surface area contributed by atoms with E-state index >= 15 is 0 Å². The third-order valence-electron chi connectivity index (χ3n) is 4.56. The molecule has 3 rings (SSSR count). The fourth-order valence-corrected chi connectivity index (χ4v) is 3.42. The number of hydrogen-bond acceptors (Lipinski definition) is 2. The molecule has 0 bridgehead atoms. The molecule has 116 valence electrons. The molecule has 0 N–H and O–H groups in total. The maximum absolute atomic E-state index is 12.9. The van der Waals surface area contributed by atoms with Gasteiger partial charge in [-0.1, -0.05) is 44.5 Å². The standard InChI is InChI=1S/C18H20ClNO2/c1-4-5-6-12-15(21)10-16-18(2,3)13-9-11(19)7-8-14(13)20(16)17(12)22/h7-10,21H,4-6H2,1-3H3/p-1. The second-order valence-electron chi connectivity index (χ2n) is 6.40. The lowest BCUT2D eigenvalue weighted by Crippen LogP contribution is -2.27. The molecule has 1 aliphatic heterocycles. The summed E-state index contributed by atoms with van der Waals surface area (Å²) in [7, 11) is 0. The summed E-state index contributed by atoms with van der Waals surface area (Å²) in [5.41, 5.74) is 2.40. The molecule has 0 radical (unpaired) electrons. The first-order chi connectivity index (χ1) is 10.4. The fourth-order valence-electron chi connectivity index (χ4n) is 3.25. The molecular weight excluding hydrogens is 298 g/mol. The molecule has 0 spiro atoms. The topological polar surface area (TPSA) is 45.1 Å². The summed E-state index contributed by atoms with van der Waals surface area (Å²) >= 11 is 6.12. The van der Waals surface area contributed by atoms with Crippen LogP contribution >= 0.6 is 11.6 Å². The summed E-state index contributed by atoms with van der Waals surface area (Å²) in [6, 6.07) is 7.17. The van der Waals surface area contributed by atoms with Gasteiger partial charge in [-0.15, -0.1) is 0 Å². The maximum atomic E-state index is 12.9. The van der Waals surface area contributed by atoms with Crippen LogP contribution in [-0.4, -0.2) is 4.57 Å². The molecule has 1 aromatic carbocycles. The van der Waals surface area contributed by atoms with Gasteiger partial charge in [-0.3, -0.25) is 9.36 Å². The number of unbranched alkanes of at least 4 members (excludes halogenated alkanes) is 1. The van der Waals surface area contributed by atoms with Crippen LogP contribution in [0, 0.1) is 0 Å².